The Hall–Kier alpha value is -1.21. The normalized spacial score (nSPS) is 26.9. The van der Waals surface area contributed by atoms with Crippen LogP contribution in [-0.4, -0.2) is 4.86 Å². The fraction of sp³-hybridized carbons (Fsp3) is 0.0833. The molecule has 66 valence electrons. The van der Waals surface area contributed by atoms with Crippen LogP contribution in [0.15, 0.2) is 60.8 Å². The van der Waals surface area contributed by atoms with E-state index in [4.69, 9.17) is 12.2 Å². The molecule has 1 aliphatic rings. The molecule has 0 aromatic carbocycles. The highest BCUT2D eigenvalue weighted by molar-refractivity contribution is 7.81. The smallest absolute Gasteiger partial charge is 0.0374 e. The van der Waals surface area contributed by atoms with Crippen molar-refractivity contribution in [3.8, 4) is 0 Å². The minimum atomic E-state index is 0.864. The first-order valence-corrected chi connectivity index (χ1v) is 4.67. The van der Waals surface area contributed by atoms with Crippen molar-refractivity contribution in [3.05, 3.63) is 60.8 Å². The van der Waals surface area contributed by atoms with Crippen molar-refractivity contribution >= 4 is 17.1 Å². The van der Waals surface area contributed by atoms with Crippen LogP contribution in [0.25, 0.3) is 0 Å². The molecule has 0 radical (unpaired) electrons. The van der Waals surface area contributed by atoms with Crippen LogP contribution in [-0.2, 0) is 0 Å². The zero-order valence-electron chi connectivity index (χ0n) is 7.39. The molecule has 1 rings (SSSR count). The van der Waals surface area contributed by atoms with Crippen molar-refractivity contribution in [1.29, 1.82) is 0 Å². The van der Waals surface area contributed by atoms with Gasteiger partial charge in [-0.1, -0.05) is 60.8 Å². The first-order valence-electron chi connectivity index (χ1n) is 4.26. The average Bonchev–Trinajstić information content (AvgIpc) is 2.11. The predicted octanol–water partition coefficient (Wildman–Crippen LogP) is 3.54. The summed E-state index contributed by atoms with van der Waals surface area (Å²) in [6.45, 7) is 0. The van der Waals surface area contributed by atoms with E-state index in [0.29, 0.717) is 0 Å². The maximum atomic E-state index is 5.09. The van der Waals surface area contributed by atoms with Crippen molar-refractivity contribution in [2.45, 2.75) is 6.42 Å². The molecule has 0 aromatic heterocycles. The average molecular weight is 188 g/mol. The Bertz CT molecular complexity index is 301. The van der Waals surface area contributed by atoms with Crippen molar-refractivity contribution in [3.63, 3.8) is 0 Å². The van der Waals surface area contributed by atoms with Crippen molar-refractivity contribution < 1.29 is 0 Å². The lowest BCUT2D eigenvalue weighted by Crippen LogP contribution is -1.79. The third kappa shape index (κ3) is 5.10. The van der Waals surface area contributed by atoms with E-state index in [9.17, 15) is 0 Å². The number of allylic oxidation sites excluding steroid dienone is 10. The molecule has 0 amide bonds. The van der Waals surface area contributed by atoms with E-state index < -0.39 is 0 Å². The molecule has 1 heteroatoms. The molecule has 1 aliphatic carbocycles. The SMILES string of the molecule is S=C1C=C\C=C/C=C\C=C/C/C=C\1. The van der Waals surface area contributed by atoms with Crippen LogP contribution < -0.4 is 0 Å². The standard InChI is InChI=1S/C12H12S/c13-12-10-8-6-4-2-1-3-5-7-9-11-12/h1-6,8-11H,7H2/b2-1-,5-3-,6-4-,10-8?,11-9-. The fourth-order valence-electron chi connectivity index (χ4n) is 0.882. The molecular formula is C12H12S. The van der Waals surface area contributed by atoms with Crippen molar-refractivity contribution in [2.75, 3.05) is 0 Å². The first-order chi connectivity index (χ1) is 6.39. The van der Waals surface area contributed by atoms with Gasteiger partial charge < -0.3 is 0 Å². The largest absolute Gasteiger partial charge is 0.0807 e. The molecule has 0 saturated heterocycles. The van der Waals surface area contributed by atoms with Gasteiger partial charge in [0.1, 0.15) is 0 Å². The van der Waals surface area contributed by atoms with Gasteiger partial charge in [0.2, 0.25) is 0 Å². The van der Waals surface area contributed by atoms with Crippen LogP contribution in [0.4, 0.5) is 0 Å². The number of hydrogen-bond donors (Lipinski definition) is 0. The Kier molecular flexibility index (Phi) is 4.80. The molecule has 0 aliphatic heterocycles. The van der Waals surface area contributed by atoms with E-state index in [0.717, 1.165) is 11.3 Å². The van der Waals surface area contributed by atoms with Gasteiger partial charge in [-0.15, -0.1) is 0 Å². The molecule has 0 bridgehead atoms. The summed E-state index contributed by atoms with van der Waals surface area (Å²) in [4.78, 5) is 0.864. The summed E-state index contributed by atoms with van der Waals surface area (Å²) in [5.41, 5.74) is 0. The molecule has 0 nitrogen and oxygen atoms in total. The van der Waals surface area contributed by atoms with Gasteiger partial charge in [0, 0.05) is 4.86 Å². The highest BCUT2D eigenvalue weighted by atomic mass is 32.1. The summed E-state index contributed by atoms with van der Waals surface area (Å²) < 4.78 is 0. The van der Waals surface area contributed by atoms with Crippen molar-refractivity contribution in [2.24, 2.45) is 0 Å². The molecular weight excluding hydrogens is 176 g/mol. The fourth-order valence-corrected chi connectivity index (χ4v) is 1.06. The Morgan fingerprint density at radius 3 is 2.31 bits per heavy atom. The quantitative estimate of drug-likeness (QED) is 0.524. The molecule has 13 heavy (non-hydrogen) atoms. The zero-order valence-corrected chi connectivity index (χ0v) is 8.21. The summed E-state index contributed by atoms with van der Waals surface area (Å²) >= 11 is 5.09. The number of rotatable bonds is 0. The van der Waals surface area contributed by atoms with Gasteiger partial charge in [-0.05, 0) is 18.6 Å². The summed E-state index contributed by atoms with van der Waals surface area (Å²) in [5, 5.41) is 0. The molecule has 0 unspecified atom stereocenters. The van der Waals surface area contributed by atoms with E-state index in [1.165, 1.54) is 0 Å². The van der Waals surface area contributed by atoms with Gasteiger partial charge in [0.05, 0.1) is 0 Å². The zero-order chi connectivity index (χ0) is 9.36. The first kappa shape index (κ1) is 9.87. The second kappa shape index (κ2) is 6.32. The summed E-state index contributed by atoms with van der Waals surface area (Å²) in [7, 11) is 0. The Labute approximate surface area is 84.7 Å². The molecule has 0 N–H and O–H groups in total. The molecule has 0 aromatic rings. The predicted molar refractivity (Wildman–Crippen MR) is 62.9 cm³/mol. The minimum absolute atomic E-state index is 0.864. The number of hydrogen-bond acceptors (Lipinski definition) is 1. The van der Waals surface area contributed by atoms with Gasteiger partial charge in [-0.2, -0.15) is 0 Å². The Morgan fingerprint density at radius 2 is 1.46 bits per heavy atom. The second-order valence-corrected chi connectivity index (χ2v) is 3.07. The lowest BCUT2D eigenvalue weighted by molar-refractivity contribution is 1.40. The topological polar surface area (TPSA) is 0 Å². The van der Waals surface area contributed by atoms with Gasteiger partial charge in [-0.25, -0.2) is 0 Å². The van der Waals surface area contributed by atoms with Gasteiger partial charge >= 0.3 is 0 Å². The monoisotopic (exact) mass is 188 g/mol. The molecule has 0 fully saturated rings. The summed E-state index contributed by atoms with van der Waals surface area (Å²) in [6.07, 6.45) is 20.9. The van der Waals surface area contributed by atoms with Gasteiger partial charge in [0.15, 0.2) is 0 Å². The lowest BCUT2D eigenvalue weighted by Gasteiger charge is -1.86. The third-order valence-corrected chi connectivity index (χ3v) is 1.78. The number of thiocarbonyl (C=S) groups is 1. The van der Waals surface area contributed by atoms with E-state index in [1.807, 2.05) is 48.6 Å². The highest BCUT2D eigenvalue weighted by Crippen LogP contribution is 1.93. The van der Waals surface area contributed by atoms with E-state index >= 15 is 0 Å². The van der Waals surface area contributed by atoms with Crippen LogP contribution in [0.3, 0.4) is 0 Å². The maximum Gasteiger partial charge on any atom is 0.0374 e. The van der Waals surface area contributed by atoms with Crippen LogP contribution in [0.1, 0.15) is 6.42 Å². The minimum Gasteiger partial charge on any atom is -0.0807 e. The summed E-state index contributed by atoms with van der Waals surface area (Å²) in [6, 6.07) is 0. The Balaban J connectivity index is 2.71. The van der Waals surface area contributed by atoms with Crippen LogP contribution in [0, 0.1) is 0 Å². The van der Waals surface area contributed by atoms with Crippen LogP contribution >= 0.6 is 12.2 Å². The maximum absolute atomic E-state index is 5.09. The van der Waals surface area contributed by atoms with Gasteiger partial charge in [-0.3, -0.25) is 0 Å². The van der Waals surface area contributed by atoms with E-state index in [-0.39, 0.29) is 0 Å². The molecule has 0 spiro atoms. The van der Waals surface area contributed by atoms with E-state index in [1.54, 1.807) is 0 Å². The van der Waals surface area contributed by atoms with E-state index in [2.05, 4.69) is 12.2 Å². The highest BCUT2D eigenvalue weighted by Gasteiger charge is 1.80. The van der Waals surface area contributed by atoms with Gasteiger partial charge in [0.25, 0.3) is 0 Å². The molecule has 0 saturated carbocycles. The lowest BCUT2D eigenvalue weighted by atomic mass is 10.2. The Morgan fingerprint density at radius 1 is 0.769 bits per heavy atom. The van der Waals surface area contributed by atoms with Crippen LogP contribution in [0.2, 0.25) is 0 Å². The third-order valence-electron chi connectivity index (χ3n) is 1.51. The molecule has 0 atom stereocenters. The molecule has 0 heterocycles. The van der Waals surface area contributed by atoms with Crippen molar-refractivity contribution in [1.82, 2.24) is 0 Å². The van der Waals surface area contributed by atoms with Crippen LogP contribution in [0.5, 0.6) is 0 Å². The summed E-state index contributed by atoms with van der Waals surface area (Å²) in [5.74, 6) is 0. The second-order valence-electron chi connectivity index (χ2n) is 2.60.